The van der Waals surface area contributed by atoms with Gasteiger partial charge in [0.2, 0.25) is 12.7 Å². The molecule has 146 valence electrons. The van der Waals surface area contributed by atoms with E-state index in [1.807, 2.05) is 48.9 Å². The quantitative estimate of drug-likeness (QED) is 0.613. The van der Waals surface area contributed by atoms with E-state index in [1.165, 1.54) is 23.1 Å². The van der Waals surface area contributed by atoms with Crippen molar-refractivity contribution in [3.05, 3.63) is 29.3 Å². The van der Waals surface area contributed by atoms with Gasteiger partial charge in [0.05, 0.1) is 10.9 Å². The molecule has 1 aliphatic heterocycles. The maximum absolute atomic E-state index is 12.5. The van der Waals surface area contributed by atoms with Gasteiger partial charge in [-0.05, 0) is 39.0 Å². The molecule has 0 bridgehead atoms. The van der Waals surface area contributed by atoms with E-state index < -0.39 is 0 Å². The number of thioether (sulfide) groups is 1. The zero-order valence-corrected chi connectivity index (χ0v) is 17.3. The van der Waals surface area contributed by atoms with E-state index >= 15 is 0 Å². The van der Waals surface area contributed by atoms with Gasteiger partial charge in [-0.15, -0.1) is 21.5 Å². The highest BCUT2D eigenvalue weighted by Crippen LogP contribution is 2.36. The minimum absolute atomic E-state index is 0.116. The fourth-order valence-electron chi connectivity index (χ4n) is 2.74. The van der Waals surface area contributed by atoms with Crippen LogP contribution in [0.25, 0.3) is 11.4 Å². The number of benzene rings is 1. The fourth-order valence-corrected chi connectivity index (χ4v) is 4.34. The Bertz CT molecular complexity index is 1020. The van der Waals surface area contributed by atoms with Gasteiger partial charge in [0, 0.05) is 17.5 Å². The molecule has 3 heterocycles. The number of carbonyl (C=O) groups excluding carboxylic acids is 1. The molecule has 0 saturated carbocycles. The largest absolute Gasteiger partial charge is 0.454 e. The number of aryl methyl sites for hydroxylation is 1. The molecule has 0 unspecified atom stereocenters. The number of hydrogen-bond acceptors (Lipinski definition) is 8. The zero-order valence-electron chi connectivity index (χ0n) is 15.6. The summed E-state index contributed by atoms with van der Waals surface area (Å²) >= 11 is 2.78. The lowest BCUT2D eigenvalue weighted by molar-refractivity contribution is -0.115. The maximum Gasteiger partial charge on any atom is 0.239 e. The van der Waals surface area contributed by atoms with Gasteiger partial charge in [-0.1, -0.05) is 11.8 Å². The number of thiazole rings is 1. The monoisotopic (exact) mass is 417 g/mol. The van der Waals surface area contributed by atoms with Crippen LogP contribution < -0.4 is 14.8 Å². The second-order valence-electron chi connectivity index (χ2n) is 6.16. The predicted molar refractivity (Wildman–Crippen MR) is 108 cm³/mol. The summed E-state index contributed by atoms with van der Waals surface area (Å²) in [6.07, 6.45) is 0. The number of nitrogens with one attached hydrogen (secondary N) is 1. The lowest BCUT2D eigenvalue weighted by Gasteiger charge is -2.12. The minimum Gasteiger partial charge on any atom is -0.454 e. The molecule has 2 aromatic heterocycles. The molecular formula is C18H19N5O3S2. The number of rotatable bonds is 6. The topological polar surface area (TPSA) is 91.2 Å². The molecule has 0 saturated heterocycles. The third-order valence-corrected chi connectivity index (χ3v) is 6.12. The lowest BCUT2D eigenvalue weighted by Crippen LogP contribution is -2.22. The second kappa shape index (κ2) is 7.80. The van der Waals surface area contributed by atoms with E-state index in [0.717, 1.165) is 22.8 Å². The number of ether oxygens (including phenoxy) is 2. The molecule has 1 aliphatic rings. The molecule has 0 aliphatic carbocycles. The lowest BCUT2D eigenvalue weighted by atomic mass is 10.2. The Kier molecular flexibility index (Phi) is 5.23. The van der Waals surface area contributed by atoms with Crippen molar-refractivity contribution in [2.75, 3.05) is 12.1 Å². The van der Waals surface area contributed by atoms with Crippen molar-refractivity contribution in [2.24, 2.45) is 0 Å². The van der Waals surface area contributed by atoms with Crippen molar-refractivity contribution in [2.45, 2.75) is 37.7 Å². The average Bonchev–Trinajstić information content (AvgIpc) is 3.40. The van der Waals surface area contributed by atoms with Gasteiger partial charge in [0.15, 0.2) is 27.6 Å². The highest BCUT2D eigenvalue weighted by Gasteiger charge is 2.22. The Labute approximate surface area is 170 Å². The third kappa shape index (κ3) is 3.69. The highest BCUT2D eigenvalue weighted by atomic mass is 32.2. The molecule has 1 amide bonds. The molecule has 1 atom stereocenters. The summed E-state index contributed by atoms with van der Waals surface area (Å²) in [5.41, 5.74) is 1.78. The standard InChI is InChI=1S/C18H19N5O3S2/c1-4-23-15(12-5-6-13-14(7-12)26-9-25-13)21-22-18(23)28-11(3)16(24)20-17-19-10(2)8-27-17/h5-8,11H,4,9H2,1-3H3,(H,19,20,24)/t11-/m0/s1. The number of carbonyl (C=O) groups is 1. The summed E-state index contributed by atoms with van der Waals surface area (Å²) in [6.45, 7) is 6.67. The van der Waals surface area contributed by atoms with E-state index in [9.17, 15) is 4.79 Å². The molecule has 0 radical (unpaired) electrons. The first kappa shape index (κ1) is 18.8. The molecule has 10 heteroatoms. The van der Waals surface area contributed by atoms with E-state index in [-0.39, 0.29) is 18.0 Å². The summed E-state index contributed by atoms with van der Waals surface area (Å²) < 4.78 is 12.8. The summed E-state index contributed by atoms with van der Waals surface area (Å²) in [7, 11) is 0. The van der Waals surface area contributed by atoms with Crippen LogP contribution in [0.1, 0.15) is 19.5 Å². The van der Waals surface area contributed by atoms with Crippen LogP contribution in [-0.4, -0.2) is 37.7 Å². The molecule has 1 N–H and O–H groups in total. The smallest absolute Gasteiger partial charge is 0.239 e. The Hall–Kier alpha value is -2.59. The Morgan fingerprint density at radius 3 is 2.93 bits per heavy atom. The average molecular weight is 418 g/mol. The Morgan fingerprint density at radius 1 is 1.36 bits per heavy atom. The SMILES string of the molecule is CCn1c(S[C@@H](C)C(=O)Nc2nc(C)cs2)nnc1-c1ccc2c(c1)OCO2. The highest BCUT2D eigenvalue weighted by molar-refractivity contribution is 8.00. The van der Waals surface area contributed by atoms with Crippen molar-refractivity contribution < 1.29 is 14.3 Å². The van der Waals surface area contributed by atoms with Gasteiger partial charge in [-0.3, -0.25) is 4.79 Å². The van der Waals surface area contributed by atoms with Crippen LogP contribution in [0.5, 0.6) is 11.5 Å². The van der Waals surface area contributed by atoms with Gasteiger partial charge < -0.3 is 19.4 Å². The normalized spacial score (nSPS) is 13.5. The van der Waals surface area contributed by atoms with Crippen molar-refractivity contribution in [1.29, 1.82) is 0 Å². The first-order valence-corrected chi connectivity index (χ1v) is 10.5. The molecule has 1 aromatic carbocycles. The van der Waals surface area contributed by atoms with Crippen LogP contribution in [-0.2, 0) is 11.3 Å². The summed E-state index contributed by atoms with van der Waals surface area (Å²) in [5, 5.41) is 14.3. The van der Waals surface area contributed by atoms with E-state index in [0.29, 0.717) is 22.6 Å². The van der Waals surface area contributed by atoms with E-state index in [4.69, 9.17) is 9.47 Å². The second-order valence-corrected chi connectivity index (χ2v) is 8.33. The van der Waals surface area contributed by atoms with Crippen LogP contribution in [0.15, 0.2) is 28.7 Å². The number of fused-ring (bicyclic) bond motifs is 1. The summed E-state index contributed by atoms with van der Waals surface area (Å²) in [6, 6.07) is 5.69. The van der Waals surface area contributed by atoms with Gasteiger partial charge in [-0.2, -0.15) is 0 Å². The van der Waals surface area contributed by atoms with Crippen LogP contribution in [0.2, 0.25) is 0 Å². The minimum atomic E-state index is -0.344. The van der Waals surface area contributed by atoms with E-state index in [2.05, 4.69) is 20.5 Å². The first-order chi connectivity index (χ1) is 13.5. The van der Waals surface area contributed by atoms with Crippen molar-refractivity contribution >= 4 is 34.1 Å². The van der Waals surface area contributed by atoms with Crippen molar-refractivity contribution in [3.63, 3.8) is 0 Å². The van der Waals surface area contributed by atoms with Crippen LogP contribution in [0, 0.1) is 6.92 Å². The van der Waals surface area contributed by atoms with Crippen molar-refractivity contribution in [1.82, 2.24) is 19.7 Å². The molecule has 28 heavy (non-hydrogen) atoms. The fraction of sp³-hybridized carbons (Fsp3) is 0.333. The Morgan fingerprint density at radius 2 is 2.18 bits per heavy atom. The van der Waals surface area contributed by atoms with Crippen LogP contribution in [0.4, 0.5) is 5.13 Å². The number of anilines is 1. The summed E-state index contributed by atoms with van der Waals surface area (Å²) in [5.74, 6) is 2.04. The number of hydrogen-bond donors (Lipinski definition) is 1. The van der Waals surface area contributed by atoms with Gasteiger partial charge in [0.1, 0.15) is 0 Å². The number of amides is 1. The molecule has 4 rings (SSSR count). The third-order valence-electron chi connectivity index (χ3n) is 4.16. The van der Waals surface area contributed by atoms with E-state index in [1.54, 1.807) is 0 Å². The van der Waals surface area contributed by atoms with Gasteiger partial charge >= 0.3 is 0 Å². The molecule has 0 fully saturated rings. The molecule has 3 aromatic rings. The first-order valence-electron chi connectivity index (χ1n) is 8.78. The molecule has 8 nitrogen and oxygen atoms in total. The van der Waals surface area contributed by atoms with Crippen molar-refractivity contribution in [3.8, 4) is 22.9 Å². The molecule has 0 spiro atoms. The summed E-state index contributed by atoms with van der Waals surface area (Å²) in [4.78, 5) is 16.7. The Balaban J connectivity index is 1.51. The predicted octanol–water partition coefficient (Wildman–Crippen LogP) is 3.58. The molecular weight excluding hydrogens is 398 g/mol. The van der Waals surface area contributed by atoms with Gasteiger partial charge in [0.25, 0.3) is 0 Å². The van der Waals surface area contributed by atoms with Crippen LogP contribution >= 0.6 is 23.1 Å². The van der Waals surface area contributed by atoms with Gasteiger partial charge in [-0.25, -0.2) is 4.98 Å². The maximum atomic E-state index is 12.5. The van der Waals surface area contributed by atoms with Crippen LogP contribution in [0.3, 0.4) is 0 Å². The number of aromatic nitrogens is 4. The zero-order chi connectivity index (χ0) is 19.7. The number of nitrogens with zero attached hydrogens (tertiary/aromatic N) is 4.